The van der Waals surface area contributed by atoms with Gasteiger partial charge in [0.2, 0.25) is 0 Å². The predicted octanol–water partition coefficient (Wildman–Crippen LogP) is 2.06. The highest BCUT2D eigenvalue weighted by atomic mass is 32.1. The predicted molar refractivity (Wildman–Crippen MR) is 75.3 cm³/mol. The molecule has 0 amide bonds. The monoisotopic (exact) mass is 279 g/mol. The van der Waals surface area contributed by atoms with Crippen LogP contribution in [0.15, 0.2) is 22.3 Å². The van der Waals surface area contributed by atoms with Crippen molar-refractivity contribution in [2.45, 2.75) is 19.9 Å². The van der Waals surface area contributed by atoms with Gasteiger partial charge in [-0.05, 0) is 19.1 Å². The molecule has 5 heteroatoms. The Morgan fingerprint density at radius 1 is 1.44 bits per heavy atom. The van der Waals surface area contributed by atoms with Crippen molar-refractivity contribution in [2.24, 2.45) is 0 Å². The average Bonchev–Trinajstić information content (AvgIpc) is 2.92. The van der Waals surface area contributed by atoms with Gasteiger partial charge in [-0.15, -0.1) is 11.3 Å². The molecule has 1 N–H and O–H groups in total. The second-order valence-electron chi connectivity index (χ2n) is 3.77. The first kappa shape index (κ1) is 13.1. The van der Waals surface area contributed by atoms with Crippen LogP contribution in [0.25, 0.3) is 0 Å². The van der Waals surface area contributed by atoms with Gasteiger partial charge < -0.3 is 5.11 Å². The molecule has 0 spiro atoms. The van der Waals surface area contributed by atoms with Crippen molar-refractivity contribution in [1.29, 1.82) is 0 Å². The lowest BCUT2D eigenvalue weighted by Gasteiger charge is -2.00. The zero-order chi connectivity index (χ0) is 13.0. The van der Waals surface area contributed by atoms with Crippen molar-refractivity contribution in [3.8, 4) is 11.8 Å². The van der Waals surface area contributed by atoms with E-state index >= 15 is 0 Å². The van der Waals surface area contributed by atoms with E-state index in [0.29, 0.717) is 13.0 Å². The second kappa shape index (κ2) is 6.01. The molecule has 0 aliphatic rings. The lowest BCUT2D eigenvalue weighted by atomic mass is 10.4. The zero-order valence-corrected chi connectivity index (χ0v) is 11.6. The van der Waals surface area contributed by atoms with Gasteiger partial charge >= 0.3 is 4.87 Å². The van der Waals surface area contributed by atoms with Crippen LogP contribution in [0.3, 0.4) is 0 Å². The lowest BCUT2D eigenvalue weighted by molar-refractivity contribution is 0.305. The topological polar surface area (TPSA) is 42.2 Å². The van der Waals surface area contributed by atoms with Gasteiger partial charge in [-0.25, -0.2) is 0 Å². The summed E-state index contributed by atoms with van der Waals surface area (Å²) in [6.45, 7) is 2.64. The first-order chi connectivity index (χ1) is 8.70. The van der Waals surface area contributed by atoms with Crippen LogP contribution >= 0.6 is 22.7 Å². The number of thiazole rings is 1. The number of aromatic nitrogens is 1. The van der Waals surface area contributed by atoms with Crippen LogP contribution in [0.2, 0.25) is 0 Å². The van der Waals surface area contributed by atoms with E-state index in [0.717, 1.165) is 15.4 Å². The second-order valence-corrected chi connectivity index (χ2v) is 5.76. The highest BCUT2D eigenvalue weighted by Gasteiger charge is 2.05. The molecular formula is C13H13NO2S2. The summed E-state index contributed by atoms with van der Waals surface area (Å²) < 4.78 is 1.77. The van der Waals surface area contributed by atoms with E-state index < -0.39 is 0 Å². The van der Waals surface area contributed by atoms with E-state index in [4.69, 9.17) is 5.11 Å². The van der Waals surface area contributed by atoms with Crippen LogP contribution < -0.4 is 4.87 Å². The van der Waals surface area contributed by atoms with Gasteiger partial charge in [0, 0.05) is 22.4 Å². The number of nitrogens with zero attached hydrogens (tertiary/aromatic N) is 1. The standard InChI is InChI=1S/C13H13NO2S2/c1-10-9-17-13(16)14(10)8-12-6-5-11(18-12)4-2-3-7-15/h5-6,9,15H,3,7-8H2,1H3. The van der Waals surface area contributed by atoms with E-state index in [9.17, 15) is 4.79 Å². The molecular weight excluding hydrogens is 266 g/mol. The molecule has 2 heterocycles. The fraction of sp³-hybridized carbons (Fsp3) is 0.308. The van der Waals surface area contributed by atoms with Gasteiger partial charge in [-0.1, -0.05) is 23.2 Å². The van der Waals surface area contributed by atoms with E-state index in [2.05, 4.69) is 11.8 Å². The Morgan fingerprint density at radius 2 is 2.28 bits per heavy atom. The van der Waals surface area contributed by atoms with Crippen molar-refractivity contribution in [3.63, 3.8) is 0 Å². The number of aliphatic hydroxyl groups is 1. The van der Waals surface area contributed by atoms with Crippen LogP contribution in [0.1, 0.15) is 21.9 Å². The molecule has 94 valence electrons. The van der Waals surface area contributed by atoms with Crippen molar-refractivity contribution in [2.75, 3.05) is 6.61 Å². The summed E-state index contributed by atoms with van der Waals surface area (Å²) in [5.41, 5.74) is 0.992. The first-order valence-corrected chi connectivity index (χ1v) is 7.23. The molecule has 0 aromatic carbocycles. The molecule has 0 unspecified atom stereocenters. The Kier molecular flexibility index (Phi) is 4.37. The fourth-order valence-corrected chi connectivity index (χ4v) is 3.09. The molecule has 0 saturated heterocycles. The Bertz CT molecular complexity index is 640. The minimum absolute atomic E-state index is 0.0776. The Labute approximate surface area is 113 Å². The molecule has 0 atom stereocenters. The summed E-state index contributed by atoms with van der Waals surface area (Å²) in [6, 6.07) is 3.95. The average molecular weight is 279 g/mol. The largest absolute Gasteiger partial charge is 0.395 e. The summed E-state index contributed by atoms with van der Waals surface area (Å²) in [5, 5.41) is 10.5. The molecule has 2 rings (SSSR count). The minimum Gasteiger partial charge on any atom is -0.395 e. The SMILES string of the molecule is Cc1csc(=O)n1Cc1ccc(C#CCCO)s1. The van der Waals surface area contributed by atoms with Gasteiger partial charge in [0.15, 0.2) is 0 Å². The smallest absolute Gasteiger partial charge is 0.307 e. The number of rotatable bonds is 3. The number of thiophene rings is 1. The molecule has 18 heavy (non-hydrogen) atoms. The minimum atomic E-state index is 0.0776. The number of aliphatic hydroxyl groups excluding tert-OH is 1. The molecule has 0 fully saturated rings. The highest BCUT2D eigenvalue weighted by molar-refractivity contribution is 7.12. The first-order valence-electron chi connectivity index (χ1n) is 5.54. The summed E-state index contributed by atoms with van der Waals surface area (Å²) in [6.07, 6.45) is 0.496. The van der Waals surface area contributed by atoms with E-state index in [1.807, 2.05) is 24.4 Å². The van der Waals surface area contributed by atoms with Crippen LogP contribution in [0, 0.1) is 18.8 Å². The van der Waals surface area contributed by atoms with Crippen LogP contribution in [-0.2, 0) is 6.54 Å². The molecule has 0 radical (unpaired) electrons. The number of hydrogen-bond acceptors (Lipinski definition) is 4. The zero-order valence-electron chi connectivity index (χ0n) is 9.97. The van der Waals surface area contributed by atoms with Crippen LogP contribution in [-0.4, -0.2) is 16.3 Å². The molecule has 3 nitrogen and oxygen atoms in total. The summed E-state index contributed by atoms with van der Waals surface area (Å²) in [5.74, 6) is 5.89. The number of aryl methyl sites for hydroxylation is 1. The summed E-state index contributed by atoms with van der Waals surface area (Å²) >= 11 is 2.82. The molecule has 2 aromatic rings. The third-order valence-corrected chi connectivity index (χ3v) is 4.27. The summed E-state index contributed by atoms with van der Waals surface area (Å²) in [4.78, 5) is 13.8. The van der Waals surface area contributed by atoms with Crippen LogP contribution in [0.5, 0.6) is 0 Å². The molecule has 0 aliphatic heterocycles. The summed E-state index contributed by atoms with van der Waals surface area (Å²) in [7, 11) is 0. The van der Waals surface area contributed by atoms with Crippen LogP contribution in [0.4, 0.5) is 0 Å². The maximum atomic E-state index is 11.6. The Balaban J connectivity index is 2.13. The lowest BCUT2D eigenvalue weighted by Crippen LogP contribution is -2.14. The normalized spacial score (nSPS) is 10.1. The van der Waals surface area contributed by atoms with Crippen molar-refractivity contribution in [1.82, 2.24) is 4.57 Å². The maximum Gasteiger partial charge on any atom is 0.307 e. The molecule has 0 aliphatic carbocycles. The van der Waals surface area contributed by atoms with Gasteiger partial charge in [0.1, 0.15) is 0 Å². The third-order valence-electron chi connectivity index (χ3n) is 2.40. The van der Waals surface area contributed by atoms with E-state index in [-0.39, 0.29) is 11.5 Å². The van der Waals surface area contributed by atoms with Gasteiger partial charge in [-0.2, -0.15) is 0 Å². The quantitative estimate of drug-likeness (QED) is 0.874. The molecule has 2 aromatic heterocycles. The van der Waals surface area contributed by atoms with Gasteiger partial charge in [0.05, 0.1) is 18.0 Å². The fourth-order valence-electron chi connectivity index (χ4n) is 1.49. The Morgan fingerprint density at radius 3 is 2.94 bits per heavy atom. The molecule has 0 bridgehead atoms. The van der Waals surface area contributed by atoms with Gasteiger partial charge in [0.25, 0.3) is 0 Å². The van der Waals surface area contributed by atoms with E-state index in [1.54, 1.807) is 15.9 Å². The highest BCUT2D eigenvalue weighted by Crippen LogP contribution is 2.17. The van der Waals surface area contributed by atoms with E-state index in [1.165, 1.54) is 11.3 Å². The Hall–Kier alpha value is -1.35. The van der Waals surface area contributed by atoms with Crippen molar-refractivity contribution < 1.29 is 5.11 Å². The molecule has 0 saturated carbocycles. The van der Waals surface area contributed by atoms with Gasteiger partial charge in [-0.3, -0.25) is 9.36 Å². The third kappa shape index (κ3) is 3.10. The number of hydrogen-bond donors (Lipinski definition) is 1. The van der Waals surface area contributed by atoms with Crippen molar-refractivity contribution >= 4 is 22.7 Å². The van der Waals surface area contributed by atoms with Crippen molar-refractivity contribution in [3.05, 3.63) is 42.6 Å². The maximum absolute atomic E-state index is 11.6.